The van der Waals surface area contributed by atoms with Gasteiger partial charge in [-0.15, -0.1) is 0 Å². The second-order valence-corrected chi connectivity index (χ2v) is 3.95. The van der Waals surface area contributed by atoms with Gasteiger partial charge in [0.25, 0.3) is 0 Å². The Morgan fingerprint density at radius 2 is 2.50 bits per heavy atom. The first kappa shape index (κ1) is 10.9. The van der Waals surface area contributed by atoms with E-state index in [0.29, 0.717) is 17.6 Å². The van der Waals surface area contributed by atoms with Crippen molar-refractivity contribution in [1.29, 1.82) is 0 Å². The molecule has 0 spiro atoms. The average Bonchev–Trinajstić information content (AvgIpc) is 2.65. The Balaban J connectivity index is 2.00. The van der Waals surface area contributed by atoms with Gasteiger partial charge in [-0.05, 0) is 12.5 Å². The third-order valence-electron chi connectivity index (χ3n) is 2.41. The Morgan fingerprint density at radius 3 is 3.19 bits per heavy atom. The van der Waals surface area contributed by atoms with Crippen LogP contribution in [0.1, 0.15) is 6.42 Å². The van der Waals surface area contributed by atoms with E-state index >= 15 is 0 Å². The van der Waals surface area contributed by atoms with Gasteiger partial charge in [0, 0.05) is 19.3 Å². The summed E-state index contributed by atoms with van der Waals surface area (Å²) in [7, 11) is 0. The van der Waals surface area contributed by atoms with E-state index in [1.165, 1.54) is 0 Å². The molecule has 1 aromatic heterocycles. The SMILES string of the molecule is O=C(O)NC1CCN(c2nccc(Cl)n2)C1. The molecular weight excluding hydrogens is 232 g/mol. The minimum absolute atomic E-state index is 0.0694. The van der Waals surface area contributed by atoms with Crippen LogP contribution in [0.5, 0.6) is 0 Å². The highest BCUT2D eigenvalue weighted by molar-refractivity contribution is 6.29. The number of hydrogen-bond donors (Lipinski definition) is 2. The molecule has 1 fully saturated rings. The van der Waals surface area contributed by atoms with Crippen LogP contribution in [0.15, 0.2) is 12.3 Å². The van der Waals surface area contributed by atoms with E-state index in [-0.39, 0.29) is 6.04 Å². The molecule has 1 amide bonds. The number of aromatic nitrogens is 2. The van der Waals surface area contributed by atoms with Crippen LogP contribution in [0.2, 0.25) is 5.15 Å². The summed E-state index contributed by atoms with van der Waals surface area (Å²) in [4.78, 5) is 20.5. The van der Waals surface area contributed by atoms with Gasteiger partial charge in [0.15, 0.2) is 0 Å². The molecule has 0 radical (unpaired) electrons. The molecule has 2 rings (SSSR count). The van der Waals surface area contributed by atoms with Crippen LogP contribution in [0.4, 0.5) is 10.7 Å². The summed E-state index contributed by atoms with van der Waals surface area (Å²) in [5, 5.41) is 11.4. The predicted octanol–water partition coefficient (Wildman–Crippen LogP) is 0.976. The number of amides is 1. The summed E-state index contributed by atoms with van der Waals surface area (Å²) in [6.45, 7) is 1.30. The van der Waals surface area contributed by atoms with Gasteiger partial charge in [0.1, 0.15) is 5.15 Å². The Morgan fingerprint density at radius 1 is 1.69 bits per heavy atom. The van der Waals surface area contributed by atoms with E-state index in [1.807, 2.05) is 4.90 Å². The summed E-state index contributed by atoms with van der Waals surface area (Å²) < 4.78 is 0. The number of nitrogens with one attached hydrogen (secondary N) is 1. The minimum atomic E-state index is -1.00. The zero-order valence-corrected chi connectivity index (χ0v) is 9.18. The van der Waals surface area contributed by atoms with Crippen molar-refractivity contribution in [3.05, 3.63) is 17.4 Å². The zero-order chi connectivity index (χ0) is 11.5. The fourth-order valence-electron chi connectivity index (χ4n) is 1.71. The maximum atomic E-state index is 10.5. The molecule has 86 valence electrons. The summed E-state index contributed by atoms with van der Waals surface area (Å²) in [5.74, 6) is 0.544. The molecular formula is C9H11ClN4O2. The van der Waals surface area contributed by atoms with E-state index in [2.05, 4.69) is 15.3 Å². The molecule has 1 saturated heterocycles. The standard InChI is InChI=1S/C9H11ClN4O2/c10-7-1-3-11-8(13-7)14-4-2-6(5-14)12-9(15)16/h1,3,6,12H,2,4-5H2,(H,15,16). The van der Waals surface area contributed by atoms with Crippen molar-refractivity contribution >= 4 is 23.6 Å². The van der Waals surface area contributed by atoms with Crippen LogP contribution in [0.3, 0.4) is 0 Å². The first-order chi connectivity index (χ1) is 7.65. The van der Waals surface area contributed by atoms with Gasteiger partial charge < -0.3 is 15.3 Å². The van der Waals surface area contributed by atoms with Gasteiger partial charge in [-0.1, -0.05) is 11.6 Å². The molecule has 1 aromatic rings. The van der Waals surface area contributed by atoms with Crippen molar-refractivity contribution in [1.82, 2.24) is 15.3 Å². The van der Waals surface area contributed by atoms with Crippen molar-refractivity contribution in [2.75, 3.05) is 18.0 Å². The van der Waals surface area contributed by atoms with Gasteiger partial charge in [-0.2, -0.15) is 0 Å². The van der Waals surface area contributed by atoms with Gasteiger partial charge in [0.2, 0.25) is 5.95 Å². The van der Waals surface area contributed by atoms with Gasteiger partial charge in [-0.3, -0.25) is 0 Å². The predicted molar refractivity (Wildman–Crippen MR) is 58.8 cm³/mol. The van der Waals surface area contributed by atoms with E-state index < -0.39 is 6.09 Å². The highest BCUT2D eigenvalue weighted by Gasteiger charge is 2.25. The number of halogens is 1. The third-order valence-corrected chi connectivity index (χ3v) is 2.62. The lowest BCUT2D eigenvalue weighted by molar-refractivity contribution is 0.191. The summed E-state index contributed by atoms with van der Waals surface area (Å²) in [6.07, 6.45) is 1.34. The van der Waals surface area contributed by atoms with Crippen molar-refractivity contribution in [3.8, 4) is 0 Å². The Labute approximate surface area is 97.3 Å². The third kappa shape index (κ3) is 2.52. The van der Waals surface area contributed by atoms with Gasteiger partial charge >= 0.3 is 6.09 Å². The molecule has 1 atom stereocenters. The Bertz CT molecular complexity index is 401. The fourth-order valence-corrected chi connectivity index (χ4v) is 1.85. The number of carbonyl (C=O) groups is 1. The first-order valence-corrected chi connectivity index (χ1v) is 5.26. The Hall–Kier alpha value is -1.56. The smallest absolute Gasteiger partial charge is 0.404 e. The highest BCUT2D eigenvalue weighted by atomic mass is 35.5. The summed E-state index contributed by atoms with van der Waals surface area (Å²) >= 11 is 5.76. The lowest BCUT2D eigenvalue weighted by atomic mass is 10.3. The van der Waals surface area contributed by atoms with Crippen molar-refractivity contribution in [2.45, 2.75) is 12.5 Å². The van der Waals surface area contributed by atoms with Crippen LogP contribution in [0.25, 0.3) is 0 Å². The monoisotopic (exact) mass is 242 g/mol. The quantitative estimate of drug-likeness (QED) is 0.756. The van der Waals surface area contributed by atoms with Crippen molar-refractivity contribution < 1.29 is 9.90 Å². The molecule has 1 aliphatic heterocycles. The molecule has 1 aliphatic rings. The largest absolute Gasteiger partial charge is 0.465 e. The maximum Gasteiger partial charge on any atom is 0.404 e. The van der Waals surface area contributed by atoms with E-state index in [9.17, 15) is 4.79 Å². The molecule has 2 N–H and O–H groups in total. The van der Waals surface area contributed by atoms with Crippen LogP contribution in [-0.4, -0.2) is 40.3 Å². The summed E-state index contributed by atoms with van der Waals surface area (Å²) in [5.41, 5.74) is 0. The van der Waals surface area contributed by atoms with Gasteiger partial charge in [-0.25, -0.2) is 14.8 Å². The lowest BCUT2D eigenvalue weighted by Crippen LogP contribution is -2.36. The molecule has 16 heavy (non-hydrogen) atoms. The van der Waals surface area contributed by atoms with Crippen molar-refractivity contribution in [2.24, 2.45) is 0 Å². The number of rotatable bonds is 2. The zero-order valence-electron chi connectivity index (χ0n) is 8.43. The molecule has 1 unspecified atom stereocenters. The van der Waals surface area contributed by atoms with E-state index in [0.717, 1.165) is 13.0 Å². The maximum absolute atomic E-state index is 10.5. The summed E-state index contributed by atoms with van der Waals surface area (Å²) in [6, 6.07) is 1.54. The molecule has 2 heterocycles. The topological polar surface area (TPSA) is 78.4 Å². The second-order valence-electron chi connectivity index (χ2n) is 3.56. The normalized spacial score (nSPS) is 19.8. The molecule has 6 nitrogen and oxygen atoms in total. The highest BCUT2D eigenvalue weighted by Crippen LogP contribution is 2.17. The second kappa shape index (κ2) is 4.52. The number of anilines is 1. The van der Waals surface area contributed by atoms with E-state index in [4.69, 9.17) is 16.7 Å². The fraction of sp³-hybridized carbons (Fsp3) is 0.444. The molecule has 0 saturated carbocycles. The van der Waals surface area contributed by atoms with Crippen molar-refractivity contribution in [3.63, 3.8) is 0 Å². The van der Waals surface area contributed by atoms with Crippen LogP contribution >= 0.6 is 11.6 Å². The van der Waals surface area contributed by atoms with Crippen LogP contribution < -0.4 is 10.2 Å². The van der Waals surface area contributed by atoms with Gasteiger partial charge in [0.05, 0.1) is 6.04 Å². The molecule has 0 aliphatic carbocycles. The molecule has 7 heteroatoms. The Kier molecular flexibility index (Phi) is 3.09. The number of hydrogen-bond acceptors (Lipinski definition) is 4. The van der Waals surface area contributed by atoms with E-state index in [1.54, 1.807) is 12.3 Å². The first-order valence-electron chi connectivity index (χ1n) is 4.88. The molecule has 0 bridgehead atoms. The number of nitrogens with zero attached hydrogens (tertiary/aromatic N) is 3. The average molecular weight is 243 g/mol. The van der Waals surface area contributed by atoms with Crippen LogP contribution in [-0.2, 0) is 0 Å². The van der Waals surface area contributed by atoms with Crippen LogP contribution in [0, 0.1) is 0 Å². The molecule has 0 aromatic carbocycles. The minimum Gasteiger partial charge on any atom is -0.465 e. The number of carboxylic acid groups (broad SMARTS) is 1. The lowest BCUT2D eigenvalue weighted by Gasteiger charge is -2.15.